The quantitative estimate of drug-likeness (QED) is 0.724. The first-order valence-corrected chi connectivity index (χ1v) is 6.79. The van der Waals surface area contributed by atoms with Crippen LogP contribution in [0.25, 0.3) is 0 Å². The summed E-state index contributed by atoms with van der Waals surface area (Å²) in [6.45, 7) is 12.4. The van der Waals surface area contributed by atoms with Crippen LogP contribution in [-0.2, 0) is 4.79 Å². The number of rotatable bonds is 6. The predicted octanol–water partition coefficient (Wildman–Crippen LogP) is 0.831. The van der Waals surface area contributed by atoms with Crippen molar-refractivity contribution in [2.75, 3.05) is 26.2 Å². The molecule has 17 heavy (non-hydrogen) atoms. The van der Waals surface area contributed by atoms with E-state index in [-0.39, 0.29) is 11.9 Å². The number of hydrogen-bond acceptors (Lipinski definition) is 3. The Balaban J connectivity index is 2.21. The third-order valence-electron chi connectivity index (χ3n) is 3.50. The van der Waals surface area contributed by atoms with Gasteiger partial charge in [0.05, 0.1) is 6.04 Å². The van der Waals surface area contributed by atoms with Gasteiger partial charge >= 0.3 is 0 Å². The molecule has 2 N–H and O–H groups in total. The molecule has 1 saturated heterocycles. The van der Waals surface area contributed by atoms with Crippen LogP contribution in [-0.4, -0.2) is 49.1 Å². The van der Waals surface area contributed by atoms with Gasteiger partial charge in [-0.2, -0.15) is 0 Å². The summed E-state index contributed by atoms with van der Waals surface area (Å²) in [7, 11) is 0. The highest BCUT2D eigenvalue weighted by Crippen LogP contribution is 2.17. The fourth-order valence-electron chi connectivity index (χ4n) is 2.26. The van der Waals surface area contributed by atoms with E-state index in [4.69, 9.17) is 0 Å². The SMILES string of the molecule is CCNC(=O)C(C)NCC1CCN(C(C)C)C1. The third-order valence-corrected chi connectivity index (χ3v) is 3.50. The average molecular weight is 241 g/mol. The van der Waals surface area contributed by atoms with Gasteiger partial charge in [0.15, 0.2) is 0 Å². The van der Waals surface area contributed by atoms with Crippen molar-refractivity contribution in [3.63, 3.8) is 0 Å². The molecule has 1 fully saturated rings. The van der Waals surface area contributed by atoms with Crippen LogP contribution < -0.4 is 10.6 Å². The minimum Gasteiger partial charge on any atom is -0.355 e. The van der Waals surface area contributed by atoms with Crippen molar-refractivity contribution >= 4 is 5.91 Å². The van der Waals surface area contributed by atoms with Crippen LogP contribution in [0.2, 0.25) is 0 Å². The maximum absolute atomic E-state index is 11.5. The third kappa shape index (κ3) is 4.64. The van der Waals surface area contributed by atoms with Crippen molar-refractivity contribution in [1.82, 2.24) is 15.5 Å². The van der Waals surface area contributed by atoms with Gasteiger partial charge in [0.25, 0.3) is 0 Å². The van der Waals surface area contributed by atoms with Gasteiger partial charge in [0.2, 0.25) is 5.91 Å². The number of nitrogens with zero attached hydrogens (tertiary/aromatic N) is 1. The van der Waals surface area contributed by atoms with Gasteiger partial charge in [-0.05, 0) is 53.1 Å². The van der Waals surface area contributed by atoms with Crippen molar-refractivity contribution < 1.29 is 4.79 Å². The van der Waals surface area contributed by atoms with E-state index >= 15 is 0 Å². The van der Waals surface area contributed by atoms with Crippen LogP contribution in [0.3, 0.4) is 0 Å². The first kappa shape index (κ1) is 14.5. The zero-order valence-corrected chi connectivity index (χ0v) is 11.6. The smallest absolute Gasteiger partial charge is 0.236 e. The number of likely N-dealkylation sites (tertiary alicyclic amines) is 1. The van der Waals surface area contributed by atoms with Gasteiger partial charge < -0.3 is 15.5 Å². The molecule has 1 heterocycles. The van der Waals surface area contributed by atoms with Crippen molar-refractivity contribution in [3.05, 3.63) is 0 Å². The molecule has 0 bridgehead atoms. The van der Waals surface area contributed by atoms with E-state index in [1.54, 1.807) is 0 Å². The molecule has 0 radical (unpaired) electrons. The molecular weight excluding hydrogens is 214 g/mol. The van der Waals surface area contributed by atoms with Crippen molar-refractivity contribution in [1.29, 1.82) is 0 Å². The van der Waals surface area contributed by atoms with Gasteiger partial charge in [-0.25, -0.2) is 0 Å². The van der Waals surface area contributed by atoms with E-state index < -0.39 is 0 Å². The fraction of sp³-hybridized carbons (Fsp3) is 0.923. The second-order valence-corrected chi connectivity index (χ2v) is 5.27. The highest BCUT2D eigenvalue weighted by molar-refractivity contribution is 5.81. The number of hydrogen-bond donors (Lipinski definition) is 2. The van der Waals surface area contributed by atoms with Crippen molar-refractivity contribution in [3.8, 4) is 0 Å². The molecular formula is C13H27N3O. The molecule has 4 heteroatoms. The number of amides is 1. The maximum atomic E-state index is 11.5. The molecule has 100 valence electrons. The van der Waals surface area contributed by atoms with Crippen LogP contribution >= 0.6 is 0 Å². The van der Waals surface area contributed by atoms with Gasteiger partial charge in [0, 0.05) is 19.1 Å². The Morgan fingerprint density at radius 3 is 2.65 bits per heavy atom. The molecule has 2 unspecified atom stereocenters. The normalized spacial score (nSPS) is 23.0. The lowest BCUT2D eigenvalue weighted by Gasteiger charge is -2.21. The largest absolute Gasteiger partial charge is 0.355 e. The highest BCUT2D eigenvalue weighted by Gasteiger charge is 2.24. The lowest BCUT2D eigenvalue weighted by Crippen LogP contribution is -2.44. The molecule has 0 aromatic carbocycles. The molecule has 1 rings (SSSR count). The molecule has 1 aliphatic rings. The number of likely N-dealkylation sites (N-methyl/N-ethyl adjacent to an activating group) is 1. The van der Waals surface area contributed by atoms with Crippen LogP contribution in [0.4, 0.5) is 0 Å². The topological polar surface area (TPSA) is 44.4 Å². The summed E-state index contributed by atoms with van der Waals surface area (Å²) < 4.78 is 0. The Hall–Kier alpha value is -0.610. The van der Waals surface area contributed by atoms with Crippen LogP contribution in [0.5, 0.6) is 0 Å². The number of carbonyl (C=O) groups is 1. The predicted molar refractivity (Wildman–Crippen MR) is 71.0 cm³/mol. The van der Waals surface area contributed by atoms with E-state index in [2.05, 4.69) is 29.4 Å². The average Bonchev–Trinajstić information content (AvgIpc) is 2.75. The van der Waals surface area contributed by atoms with Gasteiger partial charge in [-0.3, -0.25) is 4.79 Å². The summed E-state index contributed by atoms with van der Waals surface area (Å²) in [5.41, 5.74) is 0. The van der Waals surface area contributed by atoms with Crippen LogP contribution in [0, 0.1) is 5.92 Å². The Morgan fingerprint density at radius 1 is 1.41 bits per heavy atom. The molecule has 1 aliphatic heterocycles. The summed E-state index contributed by atoms with van der Waals surface area (Å²) in [6, 6.07) is 0.559. The minimum atomic E-state index is -0.0805. The molecule has 2 atom stereocenters. The zero-order valence-electron chi connectivity index (χ0n) is 11.6. The monoisotopic (exact) mass is 241 g/mol. The van der Waals surface area contributed by atoms with Crippen LogP contribution in [0.1, 0.15) is 34.1 Å². The first-order chi connectivity index (χ1) is 8.04. The van der Waals surface area contributed by atoms with E-state index in [0.717, 1.165) is 13.1 Å². The molecule has 0 aromatic rings. The van der Waals surface area contributed by atoms with Gasteiger partial charge in [-0.1, -0.05) is 0 Å². The summed E-state index contributed by atoms with van der Waals surface area (Å²) >= 11 is 0. The summed E-state index contributed by atoms with van der Waals surface area (Å²) in [5.74, 6) is 0.792. The standard InChI is InChI=1S/C13H27N3O/c1-5-14-13(17)11(4)15-8-12-6-7-16(9-12)10(2)3/h10-12,15H,5-9H2,1-4H3,(H,14,17). The second kappa shape index (κ2) is 6.97. The number of carbonyl (C=O) groups excluding carboxylic acids is 1. The molecule has 4 nitrogen and oxygen atoms in total. The van der Waals surface area contributed by atoms with Gasteiger partial charge in [-0.15, -0.1) is 0 Å². The van der Waals surface area contributed by atoms with Crippen molar-refractivity contribution in [2.24, 2.45) is 5.92 Å². The second-order valence-electron chi connectivity index (χ2n) is 5.27. The van der Waals surface area contributed by atoms with E-state index in [0.29, 0.717) is 18.5 Å². The minimum absolute atomic E-state index is 0.0805. The van der Waals surface area contributed by atoms with E-state index in [1.165, 1.54) is 13.0 Å². The molecule has 0 aliphatic carbocycles. The lowest BCUT2D eigenvalue weighted by atomic mass is 10.1. The highest BCUT2D eigenvalue weighted by atomic mass is 16.2. The fourth-order valence-corrected chi connectivity index (χ4v) is 2.26. The first-order valence-electron chi connectivity index (χ1n) is 6.79. The summed E-state index contributed by atoms with van der Waals surface area (Å²) in [6.07, 6.45) is 1.24. The number of nitrogens with one attached hydrogen (secondary N) is 2. The van der Waals surface area contributed by atoms with E-state index in [9.17, 15) is 4.79 Å². The summed E-state index contributed by atoms with van der Waals surface area (Å²) in [5, 5.41) is 6.17. The van der Waals surface area contributed by atoms with Crippen LogP contribution in [0.15, 0.2) is 0 Å². The van der Waals surface area contributed by atoms with Crippen molar-refractivity contribution in [2.45, 2.75) is 46.2 Å². The Labute approximate surface area is 105 Å². The maximum Gasteiger partial charge on any atom is 0.236 e. The molecule has 0 saturated carbocycles. The Kier molecular flexibility index (Phi) is 5.92. The van der Waals surface area contributed by atoms with E-state index in [1.807, 2.05) is 13.8 Å². The Morgan fingerprint density at radius 2 is 2.12 bits per heavy atom. The molecule has 1 amide bonds. The zero-order chi connectivity index (χ0) is 12.8. The molecule has 0 spiro atoms. The lowest BCUT2D eigenvalue weighted by molar-refractivity contribution is -0.122. The Bertz CT molecular complexity index is 243. The van der Waals surface area contributed by atoms with Gasteiger partial charge in [0.1, 0.15) is 0 Å². The molecule has 0 aromatic heterocycles. The summed E-state index contributed by atoms with van der Waals surface area (Å²) in [4.78, 5) is 14.0.